The molecule has 0 aromatic carbocycles. The summed E-state index contributed by atoms with van der Waals surface area (Å²) in [5.74, 6) is 0.988. The number of hydrogen-bond acceptors (Lipinski definition) is 4. The van der Waals surface area contributed by atoms with Crippen LogP contribution in [0.1, 0.15) is 5.56 Å². The quantitative estimate of drug-likeness (QED) is 0.657. The van der Waals surface area contributed by atoms with Crippen LogP contribution in [0.25, 0.3) is 11.5 Å². The highest BCUT2D eigenvalue weighted by molar-refractivity contribution is 5.58. The number of hydrogen-bond donors (Lipinski definition) is 2. The topological polar surface area (TPSA) is 80.7 Å². The first-order valence-corrected chi connectivity index (χ1v) is 3.50. The molecule has 0 atom stereocenters. The highest BCUT2D eigenvalue weighted by Gasteiger charge is 2.08. The smallest absolute Gasteiger partial charge is 0.187 e. The highest BCUT2D eigenvalue weighted by Crippen LogP contribution is 2.21. The Morgan fingerprint density at radius 3 is 2.92 bits per heavy atom. The summed E-state index contributed by atoms with van der Waals surface area (Å²) < 4.78 is 4.94. The normalized spacial score (nSPS) is 10.4. The molecule has 12 heavy (non-hydrogen) atoms. The Labute approximate surface area is 68.6 Å². The van der Waals surface area contributed by atoms with E-state index in [0.29, 0.717) is 11.6 Å². The van der Waals surface area contributed by atoms with Crippen molar-refractivity contribution < 1.29 is 4.52 Å². The number of aromatic amines is 1. The van der Waals surface area contributed by atoms with Gasteiger partial charge in [0.1, 0.15) is 5.69 Å². The average molecular weight is 164 g/mol. The average Bonchev–Trinajstić information content (AvgIpc) is 2.58. The van der Waals surface area contributed by atoms with Crippen molar-refractivity contribution in [3.63, 3.8) is 0 Å². The third kappa shape index (κ3) is 0.952. The van der Waals surface area contributed by atoms with Crippen molar-refractivity contribution in [3.8, 4) is 11.5 Å². The van der Waals surface area contributed by atoms with Crippen LogP contribution < -0.4 is 5.73 Å². The lowest BCUT2D eigenvalue weighted by Gasteiger charge is -1.88. The lowest BCUT2D eigenvalue weighted by molar-refractivity contribution is 0.434. The lowest BCUT2D eigenvalue weighted by atomic mass is 10.2. The third-order valence-electron chi connectivity index (χ3n) is 1.60. The predicted molar refractivity (Wildman–Crippen MR) is 43.2 cm³/mol. The summed E-state index contributed by atoms with van der Waals surface area (Å²) in [6.45, 7) is 1.93. The Morgan fingerprint density at radius 1 is 1.58 bits per heavy atom. The molecule has 5 nitrogen and oxygen atoms in total. The van der Waals surface area contributed by atoms with Gasteiger partial charge in [-0.05, 0) is 12.5 Å². The zero-order valence-corrected chi connectivity index (χ0v) is 6.53. The van der Waals surface area contributed by atoms with E-state index in [1.54, 1.807) is 12.3 Å². The van der Waals surface area contributed by atoms with E-state index in [1.165, 1.54) is 0 Å². The van der Waals surface area contributed by atoms with Crippen LogP contribution in [0.5, 0.6) is 0 Å². The molecule has 3 N–H and O–H groups in total. The van der Waals surface area contributed by atoms with Crippen molar-refractivity contribution in [3.05, 3.63) is 17.8 Å². The number of nitrogen functional groups attached to an aromatic ring is 1. The minimum Gasteiger partial charge on any atom is -0.381 e. The number of nitrogens with two attached hydrogens (primary N) is 1. The molecule has 2 aromatic heterocycles. The minimum absolute atomic E-state index is 0.374. The van der Waals surface area contributed by atoms with Crippen LogP contribution in [0.2, 0.25) is 0 Å². The first-order chi connectivity index (χ1) is 5.77. The second-order valence-electron chi connectivity index (χ2n) is 2.54. The number of rotatable bonds is 1. The number of aryl methyl sites for hydroxylation is 1. The van der Waals surface area contributed by atoms with Gasteiger partial charge in [-0.2, -0.15) is 5.10 Å². The summed E-state index contributed by atoms with van der Waals surface area (Å²) in [4.78, 5) is 0. The third-order valence-corrected chi connectivity index (χ3v) is 1.60. The molecule has 0 saturated heterocycles. The van der Waals surface area contributed by atoms with Crippen LogP contribution >= 0.6 is 0 Å². The molecule has 0 aliphatic rings. The van der Waals surface area contributed by atoms with Gasteiger partial charge in [0.2, 0.25) is 0 Å². The molecule has 2 rings (SSSR count). The van der Waals surface area contributed by atoms with E-state index in [9.17, 15) is 0 Å². The highest BCUT2D eigenvalue weighted by atomic mass is 16.5. The number of H-pyrrole nitrogens is 1. The van der Waals surface area contributed by atoms with Crippen LogP contribution in [0.3, 0.4) is 0 Å². The zero-order valence-electron chi connectivity index (χ0n) is 6.53. The fourth-order valence-corrected chi connectivity index (χ4v) is 1.00. The molecule has 0 bridgehead atoms. The summed E-state index contributed by atoms with van der Waals surface area (Å²) in [6, 6.07) is 1.65. The van der Waals surface area contributed by atoms with Crippen molar-refractivity contribution >= 4 is 5.82 Å². The van der Waals surface area contributed by atoms with Crippen molar-refractivity contribution in [2.24, 2.45) is 0 Å². The van der Waals surface area contributed by atoms with Crippen molar-refractivity contribution in [1.29, 1.82) is 0 Å². The van der Waals surface area contributed by atoms with E-state index >= 15 is 0 Å². The molecule has 0 fully saturated rings. The van der Waals surface area contributed by atoms with Crippen LogP contribution in [0.4, 0.5) is 5.82 Å². The SMILES string of the molecule is Cc1cn[nH]c1-c1cc(N)no1. The number of anilines is 1. The van der Waals surface area contributed by atoms with Gasteiger partial charge in [-0.1, -0.05) is 5.16 Å². The van der Waals surface area contributed by atoms with Gasteiger partial charge in [0.15, 0.2) is 11.6 Å². The molecule has 0 aliphatic heterocycles. The van der Waals surface area contributed by atoms with E-state index in [2.05, 4.69) is 15.4 Å². The van der Waals surface area contributed by atoms with Crippen LogP contribution in [-0.2, 0) is 0 Å². The molecule has 0 saturated carbocycles. The number of aromatic nitrogens is 3. The van der Waals surface area contributed by atoms with E-state index in [4.69, 9.17) is 10.3 Å². The predicted octanol–water partition coefficient (Wildman–Crippen LogP) is 0.955. The minimum atomic E-state index is 0.374. The molecule has 2 aromatic rings. The van der Waals surface area contributed by atoms with E-state index in [0.717, 1.165) is 11.3 Å². The van der Waals surface area contributed by atoms with Crippen LogP contribution in [-0.4, -0.2) is 15.4 Å². The van der Waals surface area contributed by atoms with Gasteiger partial charge in [-0.15, -0.1) is 0 Å². The summed E-state index contributed by atoms with van der Waals surface area (Å²) in [5, 5.41) is 10.2. The summed E-state index contributed by atoms with van der Waals surface area (Å²) in [7, 11) is 0. The van der Waals surface area contributed by atoms with E-state index < -0.39 is 0 Å². The van der Waals surface area contributed by atoms with Gasteiger partial charge in [0.05, 0.1) is 6.20 Å². The van der Waals surface area contributed by atoms with Gasteiger partial charge in [0.25, 0.3) is 0 Å². The van der Waals surface area contributed by atoms with Gasteiger partial charge in [-0.3, -0.25) is 5.10 Å². The summed E-state index contributed by atoms with van der Waals surface area (Å²) in [5.41, 5.74) is 7.22. The molecular weight excluding hydrogens is 156 g/mol. The molecule has 0 amide bonds. The Kier molecular flexibility index (Phi) is 1.36. The molecule has 0 aliphatic carbocycles. The molecule has 0 unspecified atom stereocenters. The second-order valence-corrected chi connectivity index (χ2v) is 2.54. The van der Waals surface area contributed by atoms with Crippen LogP contribution in [0.15, 0.2) is 16.8 Å². The van der Waals surface area contributed by atoms with Crippen LogP contribution in [0, 0.1) is 6.92 Å². The van der Waals surface area contributed by atoms with Gasteiger partial charge in [-0.25, -0.2) is 0 Å². The zero-order chi connectivity index (χ0) is 8.55. The van der Waals surface area contributed by atoms with Gasteiger partial charge in [0, 0.05) is 6.07 Å². The molecule has 2 heterocycles. The van der Waals surface area contributed by atoms with Crippen molar-refractivity contribution in [2.45, 2.75) is 6.92 Å². The Balaban J connectivity index is 2.50. The first-order valence-electron chi connectivity index (χ1n) is 3.50. The Morgan fingerprint density at radius 2 is 2.42 bits per heavy atom. The molecular formula is C7H8N4O. The maximum Gasteiger partial charge on any atom is 0.187 e. The Hall–Kier alpha value is -1.78. The van der Waals surface area contributed by atoms with Gasteiger partial charge < -0.3 is 10.3 Å². The molecule has 0 radical (unpaired) electrons. The van der Waals surface area contributed by atoms with Gasteiger partial charge >= 0.3 is 0 Å². The Bertz CT molecular complexity index is 390. The summed E-state index contributed by atoms with van der Waals surface area (Å²) in [6.07, 6.45) is 1.72. The number of nitrogens with zero attached hydrogens (tertiary/aromatic N) is 2. The van der Waals surface area contributed by atoms with E-state index in [-0.39, 0.29) is 0 Å². The summed E-state index contributed by atoms with van der Waals surface area (Å²) >= 11 is 0. The molecule has 5 heteroatoms. The second kappa shape index (κ2) is 2.37. The number of nitrogens with one attached hydrogen (secondary N) is 1. The monoisotopic (exact) mass is 164 g/mol. The molecule has 0 spiro atoms. The standard InChI is InChI=1S/C7H8N4O/c1-4-3-9-10-7(4)5-2-6(8)11-12-5/h2-3H,1H3,(H2,8,11)(H,9,10). The maximum absolute atomic E-state index is 5.40. The van der Waals surface area contributed by atoms with Crippen molar-refractivity contribution in [2.75, 3.05) is 5.73 Å². The first kappa shape index (κ1) is 6.90. The van der Waals surface area contributed by atoms with Crippen molar-refractivity contribution in [1.82, 2.24) is 15.4 Å². The fourth-order valence-electron chi connectivity index (χ4n) is 1.00. The maximum atomic E-state index is 5.40. The van der Waals surface area contributed by atoms with E-state index in [1.807, 2.05) is 6.92 Å². The largest absolute Gasteiger partial charge is 0.381 e. The lowest BCUT2D eigenvalue weighted by Crippen LogP contribution is -1.80. The molecule has 62 valence electrons. The fraction of sp³-hybridized carbons (Fsp3) is 0.143.